The van der Waals surface area contributed by atoms with Gasteiger partial charge in [0.1, 0.15) is 5.82 Å². The molecule has 2 rings (SSSR count). The largest absolute Gasteiger partial charge is 0.345 e. The maximum Gasteiger partial charge on any atom is 0.120 e. The first kappa shape index (κ1) is 8.75. The second kappa shape index (κ2) is 3.92. The van der Waals surface area contributed by atoms with Crippen molar-refractivity contribution < 1.29 is 0 Å². The van der Waals surface area contributed by atoms with Crippen molar-refractivity contribution in [1.82, 2.24) is 15.3 Å². The fourth-order valence-electron chi connectivity index (χ4n) is 1.93. The Kier molecular flexibility index (Phi) is 2.64. The fourth-order valence-corrected chi connectivity index (χ4v) is 1.93. The Morgan fingerprint density at radius 2 is 2.31 bits per heavy atom. The molecular weight excluding hydrogens is 162 g/mol. The van der Waals surface area contributed by atoms with E-state index in [9.17, 15) is 0 Å². The van der Waals surface area contributed by atoms with Crippen LogP contribution in [0, 0.1) is 6.92 Å². The number of aromatic amines is 1. The van der Waals surface area contributed by atoms with Gasteiger partial charge in [-0.25, -0.2) is 4.98 Å². The molecule has 0 atom stereocenters. The highest BCUT2D eigenvalue weighted by Gasteiger charge is 2.13. The van der Waals surface area contributed by atoms with Crippen molar-refractivity contribution in [3.05, 3.63) is 17.7 Å². The van der Waals surface area contributed by atoms with Crippen LogP contribution < -0.4 is 5.32 Å². The number of rotatable bonds is 3. The number of hydrogen-bond donors (Lipinski definition) is 2. The monoisotopic (exact) mass is 179 g/mol. The van der Waals surface area contributed by atoms with Crippen LogP contribution in [-0.2, 0) is 6.54 Å². The Labute approximate surface area is 79.0 Å². The number of aromatic nitrogens is 2. The summed E-state index contributed by atoms with van der Waals surface area (Å²) >= 11 is 0. The van der Waals surface area contributed by atoms with Gasteiger partial charge in [-0.05, 0) is 19.8 Å². The molecule has 3 nitrogen and oxygen atoms in total. The maximum absolute atomic E-state index is 4.26. The molecule has 1 aromatic rings. The standard InChI is InChI=1S/C10H17N3/c1-8-6-12-10(13-8)7-11-9-4-2-3-5-9/h6,9,11H,2-5,7H2,1H3,(H,12,13). The quantitative estimate of drug-likeness (QED) is 0.742. The summed E-state index contributed by atoms with van der Waals surface area (Å²) in [4.78, 5) is 7.49. The van der Waals surface area contributed by atoms with Gasteiger partial charge >= 0.3 is 0 Å². The van der Waals surface area contributed by atoms with Gasteiger partial charge in [-0.2, -0.15) is 0 Å². The first-order chi connectivity index (χ1) is 6.34. The van der Waals surface area contributed by atoms with Gasteiger partial charge in [-0.15, -0.1) is 0 Å². The Balaban J connectivity index is 1.78. The lowest BCUT2D eigenvalue weighted by atomic mass is 10.2. The predicted octanol–water partition coefficient (Wildman–Crippen LogP) is 1.75. The summed E-state index contributed by atoms with van der Waals surface area (Å²) in [6, 6.07) is 0.727. The first-order valence-corrected chi connectivity index (χ1v) is 5.08. The molecule has 1 aliphatic rings. The second-order valence-corrected chi connectivity index (χ2v) is 3.88. The summed E-state index contributed by atoms with van der Waals surface area (Å²) in [7, 11) is 0. The van der Waals surface area contributed by atoms with E-state index in [-0.39, 0.29) is 0 Å². The zero-order valence-electron chi connectivity index (χ0n) is 8.14. The summed E-state index contributed by atoms with van der Waals surface area (Å²) in [5.74, 6) is 1.06. The fraction of sp³-hybridized carbons (Fsp3) is 0.700. The van der Waals surface area contributed by atoms with Crippen LogP contribution in [0.2, 0.25) is 0 Å². The average molecular weight is 179 g/mol. The normalized spacial score (nSPS) is 18.2. The highest BCUT2D eigenvalue weighted by molar-refractivity contribution is 4.98. The molecule has 1 fully saturated rings. The molecule has 0 amide bonds. The van der Waals surface area contributed by atoms with Crippen molar-refractivity contribution in [3.8, 4) is 0 Å². The number of imidazole rings is 1. The van der Waals surface area contributed by atoms with Crippen LogP contribution >= 0.6 is 0 Å². The molecule has 0 spiro atoms. The molecule has 0 aromatic carbocycles. The van der Waals surface area contributed by atoms with E-state index >= 15 is 0 Å². The van der Waals surface area contributed by atoms with Crippen molar-refractivity contribution in [2.24, 2.45) is 0 Å². The Hall–Kier alpha value is -0.830. The number of nitrogens with zero attached hydrogens (tertiary/aromatic N) is 1. The molecular formula is C10H17N3. The van der Waals surface area contributed by atoms with Crippen LogP contribution in [0.5, 0.6) is 0 Å². The van der Waals surface area contributed by atoms with Crippen LogP contribution in [0.1, 0.15) is 37.2 Å². The topological polar surface area (TPSA) is 40.7 Å². The van der Waals surface area contributed by atoms with E-state index in [1.807, 2.05) is 13.1 Å². The van der Waals surface area contributed by atoms with Crippen molar-refractivity contribution in [2.75, 3.05) is 0 Å². The summed E-state index contributed by atoms with van der Waals surface area (Å²) in [5.41, 5.74) is 1.14. The van der Waals surface area contributed by atoms with Crippen molar-refractivity contribution in [3.63, 3.8) is 0 Å². The summed E-state index contributed by atoms with van der Waals surface area (Å²) in [6.07, 6.45) is 7.31. The van der Waals surface area contributed by atoms with Crippen LogP contribution in [0.15, 0.2) is 6.20 Å². The van der Waals surface area contributed by atoms with Gasteiger partial charge in [-0.3, -0.25) is 0 Å². The zero-order chi connectivity index (χ0) is 9.10. The molecule has 0 saturated heterocycles. The second-order valence-electron chi connectivity index (χ2n) is 3.88. The summed E-state index contributed by atoms with van der Waals surface area (Å²) in [6.45, 7) is 2.92. The third-order valence-corrected chi connectivity index (χ3v) is 2.67. The van der Waals surface area contributed by atoms with Gasteiger partial charge in [0, 0.05) is 17.9 Å². The van der Waals surface area contributed by atoms with E-state index in [2.05, 4.69) is 15.3 Å². The van der Waals surface area contributed by atoms with Crippen LogP contribution in [0.4, 0.5) is 0 Å². The zero-order valence-corrected chi connectivity index (χ0v) is 8.14. The van der Waals surface area contributed by atoms with E-state index in [4.69, 9.17) is 0 Å². The number of hydrogen-bond acceptors (Lipinski definition) is 2. The summed E-state index contributed by atoms with van der Waals surface area (Å²) in [5, 5.41) is 3.52. The molecule has 1 aromatic heterocycles. The molecule has 0 radical (unpaired) electrons. The van der Waals surface area contributed by atoms with Crippen molar-refractivity contribution in [1.29, 1.82) is 0 Å². The maximum atomic E-state index is 4.26. The average Bonchev–Trinajstić information content (AvgIpc) is 2.71. The molecule has 1 aliphatic carbocycles. The first-order valence-electron chi connectivity index (χ1n) is 5.08. The molecule has 1 saturated carbocycles. The molecule has 1 heterocycles. The molecule has 0 unspecified atom stereocenters. The lowest BCUT2D eigenvalue weighted by Gasteiger charge is -2.09. The number of aryl methyl sites for hydroxylation is 1. The smallest absolute Gasteiger partial charge is 0.120 e. The molecule has 3 heteroatoms. The third-order valence-electron chi connectivity index (χ3n) is 2.67. The van der Waals surface area contributed by atoms with E-state index in [0.29, 0.717) is 0 Å². The molecule has 72 valence electrons. The lowest BCUT2D eigenvalue weighted by Crippen LogP contribution is -2.25. The van der Waals surface area contributed by atoms with E-state index < -0.39 is 0 Å². The van der Waals surface area contributed by atoms with Crippen molar-refractivity contribution >= 4 is 0 Å². The third kappa shape index (κ3) is 2.31. The SMILES string of the molecule is Cc1cnc(CNC2CCCC2)[nH]1. The highest BCUT2D eigenvalue weighted by Crippen LogP contribution is 2.17. The highest BCUT2D eigenvalue weighted by atomic mass is 15.0. The molecule has 0 bridgehead atoms. The van der Waals surface area contributed by atoms with Crippen LogP contribution in [0.3, 0.4) is 0 Å². The van der Waals surface area contributed by atoms with Gasteiger partial charge in [-0.1, -0.05) is 12.8 Å². The molecule has 0 aliphatic heterocycles. The summed E-state index contributed by atoms with van der Waals surface area (Å²) < 4.78 is 0. The van der Waals surface area contributed by atoms with Crippen LogP contribution in [-0.4, -0.2) is 16.0 Å². The van der Waals surface area contributed by atoms with Gasteiger partial charge in [0.15, 0.2) is 0 Å². The number of H-pyrrole nitrogens is 1. The van der Waals surface area contributed by atoms with Crippen molar-refractivity contribution in [2.45, 2.75) is 45.2 Å². The molecule has 13 heavy (non-hydrogen) atoms. The minimum Gasteiger partial charge on any atom is -0.345 e. The van der Waals surface area contributed by atoms with Gasteiger partial charge in [0.05, 0.1) is 6.54 Å². The van der Waals surface area contributed by atoms with Gasteiger partial charge in [0.25, 0.3) is 0 Å². The lowest BCUT2D eigenvalue weighted by molar-refractivity contribution is 0.515. The van der Waals surface area contributed by atoms with E-state index in [0.717, 1.165) is 24.1 Å². The Morgan fingerprint density at radius 1 is 1.54 bits per heavy atom. The van der Waals surface area contributed by atoms with Gasteiger partial charge in [0.2, 0.25) is 0 Å². The minimum atomic E-state index is 0.727. The molecule has 2 N–H and O–H groups in total. The van der Waals surface area contributed by atoms with E-state index in [1.165, 1.54) is 25.7 Å². The van der Waals surface area contributed by atoms with Gasteiger partial charge < -0.3 is 10.3 Å². The minimum absolute atomic E-state index is 0.727. The van der Waals surface area contributed by atoms with E-state index in [1.54, 1.807) is 0 Å². The predicted molar refractivity (Wildman–Crippen MR) is 52.4 cm³/mol. The Bertz CT molecular complexity index is 261. The van der Waals surface area contributed by atoms with Crippen LogP contribution in [0.25, 0.3) is 0 Å². The Morgan fingerprint density at radius 3 is 2.92 bits per heavy atom. The number of nitrogens with one attached hydrogen (secondary N) is 2.